The summed E-state index contributed by atoms with van der Waals surface area (Å²) >= 11 is 0. The van der Waals surface area contributed by atoms with E-state index < -0.39 is 17.6 Å². The first kappa shape index (κ1) is 19.8. The molecule has 0 spiro atoms. The quantitative estimate of drug-likeness (QED) is 0.592. The number of carbonyl (C=O) groups is 1. The Balaban J connectivity index is 0.00000139. The summed E-state index contributed by atoms with van der Waals surface area (Å²) < 4.78 is 42.4. The number of hydrogen-bond acceptors (Lipinski definition) is 5. The van der Waals surface area contributed by atoms with Gasteiger partial charge in [-0.05, 0) is 12.1 Å². The molecule has 1 aromatic heterocycles. The lowest BCUT2D eigenvalue weighted by molar-refractivity contribution is 0.0594. The van der Waals surface area contributed by atoms with Gasteiger partial charge < -0.3 is 14.2 Å². The molecule has 132 valence electrons. The summed E-state index contributed by atoms with van der Waals surface area (Å²) in [5.74, 6) is -2.73. The van der Waals surface area contributed by atoms with Crippen LogP contribution in [0, 0.1) is 11.6 Å². The van der Waals surface area contributed by atoms with Crippen molar-refractivity contribution in [2.45, 2.75) is 20.3 Å². The van der Waals surface area contributed by atoms with Crippen LogP contribution in [-0.2, 0) is 9.47 Å². The Kier molecular flexibility index (Phi) is 8.05. The molecule has 1 heterocycles. The average Bonchev–Trinajstić information content (AvgIpc) is 2.62. The Morgan fingerprint density at radius 2 is 1.88 bits per heavy atom. The zero-order chi connectivity index (χ0) is 18.1. The number of ether oxygens (including phenoxy) is 3. The van der Waals surface area contributed by atoms with Crippen LogP contribution in [0.25, 0.3) is 10.9 Å². The van der Waals surface area contributed by atoms with Crippen LogP contribution in [0.4, 0.5) is 8.78 Å². The van der Waals surface area contributed by atoms with Crippen LogP contribution < -0.4 is 4.74 Å². The third-order valence-electron chi connectivity index (χ3n) is 2.97. The molecule has 24 heavy (non-hydrogen) atoms. The Morgan fingerprint density at radius 1 is 1.17 bits per heavy atom. The van der Waals surface area contributed by atoms with Crippen molar-refractivity contribution in [1.82, 2.24) is 4.98 Å². The van der Waals surface area contributed by atoms with Crippen molar-refractivity contribution in [2.24, 2.45) is 0 Å². The minimum Gasteiger partial charge on any atom is -0.493 e. The monoisotopic (exact) mass is 341 g/mol. The van der Waals surface area contributed by atoms with Crippen LogP contribution in [0.2, 0.25) is 0 Å². The number of fused-ring (bicyclic) bond motifs is 1. The molecule has 0 N–H and O–H groups in total. The summed E-state index contributed by atoms with van der Waals surface area (Å²) in [6.45, 7) is 4.69. The third-order valence-corrected chi connectivity index (χ3v) is 2.97. The van der Waals surface area contributed by atoms with Gasteiger partial charge in [0.25, 0.3) is 0 Å². The molecule has 2 aromatic rings. The lowest BCUT2D eigenvalue weighted by Crippen LogP contribution is -2.08. The number of aromatic nitrogens is 1. The van der Waals surface area contributed by atoms with Gasteiger partial charge in [0.2, 0.25) is 0 Å². The lowest BCUT2D eigenvalue weighted by Gasteiger charge is -2.11. The molecule has 5 nitrogen and oxygen atoms in total. The number of carbonyl (C=O) groups excluding carboxylic acids is 1. The number of pyridine rings is 1. The van der Waals surface area contributed by atoms with Crippen molar-refractivity contribution in [3.63, 3.8) is 0 Å². The fraction of sp³-hybridized carbons (Fsp3) is 0.412. The highest BCUT2D eigenvalue weighted by Gasteiger charge is 2.18. The van der Waals surface area contributed by atoms with Crippen molar-refractivity contribution in [2.75, 3.05) is 27.4 Å². The van der Waals surface area contributed by atoms with E-state index in [4.69, 9.17) is 9.47 Å². The second-order valence-corrected chi connectivity index (χ2v) is 4.45. The van der Waals surface area contributed by atoms with E-state index in [2.05, 4.69) is 9.72 Å². The summed E-state index contributed by atoms with van der Waals surface area (Å²) in [5, 5.41) is -0.106. The zero-order valence-electron chi connectivity index (χ0n) is 14.2. The first-order valence-corrected chi connectivity index (χ1v) is 7.57. The van der Waals surface area contributed by atoms with Crippen LogP contribution in [-0.4, -0.2) is 38.4 Å². The van der Waals surface area contributed by atoms with Crippen molar-refractivity contribution in [3.05, 3.63) is 35.5 Å². The second-order valence-electron chi connectivity index (χ2n) is 4.45. The van der Waals surface area contributed by atoms with Crippen LogP contribution in [0.3, 0.4) is 0 Å². The van der Waals surface area contributed by atoms with Crippen molar-refractivity contribution in [3.8, 4) is 5.75 Å². The molecule has 2 rings (SSSR count). The molecule has 0 atom stereocenters. The Hall–Kier alpha value is -2.28. The lowest BCUT2D eigenvalue weighted by atomic mass is 10.1. The van der Waals surface area contributed by atoms with Gasteiger partial charge >= 0.3 is 5.97 Å². The van der Waals surface area contributed by atoms with Crippen molar-refractivity contribution < 1.29 is 27.8 Å². The van der Waals surface area contributed by atoms with Gasteiger partial charge in [-0.2, -0.15) is 0 Å². The van der Waals surface area contributed by atoms with Crippen LogP contribution in [0.15, 0.2) is 18.2 Å². The number of benzene rings is 1. The van der Waals surface area contributed by atoms with Gasteiger partial charge in [0.05, 0.1) is 24.6 Å². The van der Waals surface area contributed by atoms with E-state index >= 15 is 0 Å². The van der Waals surface area contributed by atoms with E-state index in [1.54, 1.807) is 7.11 Å². The fourth-order valence-electron chi connectivity index (χ4n) is 1.93. The number of rotatable bonds is 6. The topological polar surface area (TPSA) is 57.7 Å². The molecule has 0 saturated carbocycles. The highest BCUT2D eigenvalue weighted by molar-refractivity contribution is 5.94. The summed E-state index contributed by atoms with van der Waals surface area (Å²) in [5.41, 5.74) is 0.0753. The van der Waals surface area contributed by atoms with Gasteiger partial charge in [-0.1, -0.05) is 13.8 Å². The van der Waals surface area contributed by atoms with Crippen LogP contribution in [0.1, 0.15) is 30.8 Å². The van der Waals surface area contributed by atoms with Crippen molar-refractivity contribution >= 4 is 16.9 Å². The molecular formula is C17H21F2NO4. The minimum absolute atomic E-state index is 0.0391. The maximum Gasteiger partial charge on any atom is 0.356 e. The van der Waals surface area contributed by atoms with E-state index in [0.717, 1.165) is 6.07 Å². The number of hydrogen-bond donors (Lipinski definition) is 0. The molecule has 0 aliphatic rings. The van der Waals surface area contributed by atoms with Gasteiger partial charge in [0.15, 0.2) is 17.3 Å². The van der Waals surface area contributed by atoms with Gasteiger partial charge in [-0.3, -0.25) is 0 Å². The summed E-state index contributed by atoms with van der Waals surface area (Å²) in [6.07, 6.45) is 0.560. The van der Waals surface area contributed by atoms with E-state index in [1.807, 2.05) is 13.8 Å². The van der Waals surface area contributed by atoms with Crippen LogP contribution in [0.5, 0.6) is 5.75 Å². The SMILES string of the molecule is CC.COCCCOc1cc(C(=O)OC)nc2ccc(F)c(F)c12. The fourth-order valence-corrected chi connectivity index (χ4v) is 1.93. The Labute approximate surface area is 139 Å². The number of methoxy groups -OCH3 is 2. The largest absolute Gasteiger partial charge is 0.493 e. The van der Waals surface area contributed by atoms with Gasteiger partial charge in [-0.15, -0.1) is 0 Å². The van der Waals surface area contributed by atoms with Crippen molar-refractivity contribution in [1.29, 1.82) is 0 Å². The normalized spacial score (nSPS) is 10.1. The molecule has 0 saturated heterocycles. The van der Waals surface area contributed by atoms with E-state index in [1.165, 1.54) is 19.2 Å². The van der Waals surface area contributed by atoms with E-state index in [9.17, 15) is 13.6 Å². The highest BCUT2D eigenvalue weighted by atomic mass is 19.2. The Morgan fingerprint density at radius 3 is 2.50 bits per heavy atom. The molecule has 0 aliphatic heterocycles. The summed E-state index contributed by atoms with van der Waals surface area (Å²) in [7, 11) is 2.75. The highest BCUT2D eigenvalue weighted by Crippen LogP contribution is 2.30. The number of esters is 1. The minimum atomic E-state index is -1.07. The first-order chi connectivity index (χ1) is 11.6. The van der Waals surface area contributed by atoms with E-state index in [-0.39, 0.29) is 29.0 Å². The smallest absolute Gasteiger partial charge is 0.356 e. The predicted molar refractivity (Wildman–Crippen MR) is 86.3 cm³/mol. The average molecular weight is 341 g/mol. The standard InChI is InChI=1S/C15H15F2NO4.C2H6/c1-20-6-3-7-22-12-8-11(15(19)21-2)18-10-5-4-9(16)14(17)13(10)12;1-2/h4-5,8H,3,6-7H2,1-2H3;1-2H3. The molecule has 0 amide bonds. The molecular weight excluding hydrogens is 320 g/mol. The van der Waals surface area contributed by atoms with Crippen LogP contribution >= 0.6 is 0 Å². The molecule has 1 aromatic carbocycles. The predicted octanol–water partition coefficient (Wildman–Crippen LogP) is 3.74. The number of nitrogens with zero attached hydrogens (tertiary/aromatic N) is 1. The Bertz CT molecular complexity index is 692. The maximum atomic E-state index is 14.0. The zero-order valence-corrected chi connectivity index (χ0v) is 14.2. The summed E-state index contributed by atoms with van der Waals surface area (Å²) in [6, 6.07) is 3.46. The van der Waals surface area contributed by atoms with Gasteiger partial charge in [-0.25, -0.2) is 18.6 Å². The molecule has 0 aliphatic carbocycles. The molecule has 0 fully saturated rings. The molecule has 0 unspecified atom stereocenters. The maximum absolute atomic E-state index is 14.0. The summed E-state index contributed by atoms with van der Waals surface area (Å²) in [4.78, 5) is 15.6. The van der Waals surface area contributed by atoms with E-state index in [0.29, 0.717) is 13.0 Å². The van der Waals surface area contributed by atoms with Gasteiger partial charge in [0, 0.05) is 26.2 Å². The first-order valence-electron chi connectivity index (χ1n) is 7.57. The molecule has 0 radical (unpaired) electrons. The number of halogens is 2. The second kappa shape index (κ2) is 9.77. The molecule has 7 heteroatoms. The molecule has 0 bridgehead atoms. The van der Waals surface area contributed by atoms with Gasteiger partial charge in [0.1, 0.15) is 5.75 Å². The third kappa shape index (κ3) is 4.61.